The van der Waals surface area contributed by atoms with Crippen LogP contribution in [0.5, 0.6) is 0 Å². The molecule has 1 saturated heterocycles. The van der Waals surface area contributed by atoms with Crippen LogP contribution in [0, 0.1) is 5.92 Å². The van der Waals surface area contributed by atoms with Crippen LogP contribution in [0.15, 0.2) is 48.5 Å². The van der Waals surface area contributed by atoms with E-state index in [1.807, 2.05) is 48.5 Å². The molecule has 1 aliphatic carbocycles. The molecular formula is C21H18F3NO4. The Morgan fingerprint density at radius 1 is 1.03 bits per heavy atom. The lowest BCUT2D eigenvalue weighted by Gasteiger charge is -2.26. The first-order valence-corrected chi connectivity index (χ1v) is 9.20. The summed E-state index contributed by atoms with van der Waals surface area (Å²) in [6.07, 6.45) is -6.18. The molecule has 5 nitrogen and oxygen atoms in total. The first-order chi connectivity index (χ1) is 13.8. The van der Waals surface area contributed by atoms with Gasteiger partial charge in [0.1, 0.15) is 12.6 Å². The zero-order valence-electron chi connectivity index (χ0n) is 15.2. The molecule has 152 valence electrons. The number of ether oxygens (including phenoxy) is 1. The van der Waals surface area contributed by atoms with Crippen molar-refractivity contribution in [1.82, 2.24) is 4.90 Å². The maximum atomic E-state index is 13.1. The second-order valence-corrected chi connectivity index (χ2v) is 7.22. The number of carboxylic acids is 1. The molecule has 1 fully saturated rings. The molecule has 4 rings (SSSR count). The van der Waals surface area contributed by atoms with Crippen molar-refractivity contribution < 1.29 is 32.6 Å². The number of alkyl halides is 3. The summed E-state index contributed by atoms with van der Waals surface area (Å²) in [7, 11) is 0. The maximum absolute atomic E-state index is 13.1. The van der Waals surface area contributed by atoms with E-state index in [2.05, 4.69) is 0 Å². The molecule has 1 aliphatic heterocycles. The minimum absolute atomic E-state index is 0.0770. The summed E-state index contributed by atoms with van der Waals surface area (Å²) in [5.74, 6) is -4.03. The Balaban J connectivity index is 1.53. The van der Waals surface area contributed by atoms with Crippen molar-refractivity contribution in [1.29, 1.82) is 0 Å². The van der Waals surface area contributed by atoms with E-state index in [0.717, 1.165) is 22.3 Å². The van der Waals surface area contributed by atoms with Crippen LogP contribution in [0.2, 0.25) is 0 Å². The summed E-state index contributed by atoms with van der Waals surface area (Å²) < 4.78 is 44.7. The Hall–Kier alpha value is -3.03. The number of amides is 1. The highest BCUT2D eigenvalue weighted by Gasteiger charge is 2.55. The highest BCUT2D eigenvalue weighted by molar-refractivity contribution is 5.82. The van der Waals surface area contributed by atoms with Gasteiger partial charge in [-0.25, -0.2) is 9.59 Å². The van der Waals surface area contributed by atoms with Crippen LogP contribution in [0.1, 0.15) is 23.5 Å². The number of fused-ring (bicyclic) bond motifs is 3. The summed E-state index contributed by atoms with van der Waals surface area (Å²) in [5, 5.41) is 9.26. The number of halogens is 3. The van der Waals surface area contributed by atoms with E-state index in [9.17, 15) is 27.9 Å². The Kier molecular flexibility index (Phi) is 4.72. The lowest BCUT2D eigenvalue weighted by atomic mass is 9.98. The molecule has 2 aromatic rings. The van der Waals surface area contributed by atoms with Gasteiger partial charge in [0.2, 0.25) is 0 Å². The molecule has 2 aliphatic rings. The van der Waals surface area contributed by atoms with E-state index in [1.54, 1.807) is 0 Å². The van der Waals surface area contributed by atoms with Gasteiger partial charge in [-0.1, -0.05) is 48.5 Å². The predicted molar refractivity (Wildman–Crippen MR) is 97.4 cm³/mol. The van der Waals surface area contributed by atoms with Gasteiger partial charge in [0.05, 0.1) is 5.92 Å². The van der Waals surface area contributed by atoms with Crippen molar-refractivity contribution in [3.63, 3.8) is 0 Å². The molecule has 2 atom stereocenters. The van der Waals surface area contributed by atoms with E-state index in [-0.39, 0.29) is 19.1 Å². The number of hydrogen-bond acceptors (Lipinski definition) is 3. The van der Waals surface area contributed by atoms with Gasteiger partial charge in [-0.05, 0) is 28.7 Å². The largest absolute Gasteiger partial charge is 0.480 e. The monoisotopic (exact) mass is 405 g/mol. The molecule has 0 unspecified atom stereocenters. The standard InChI is InChI=1S/C21H18F3NO4/c22-21(23,24)17-9-10-25(18(17)19(26)27)20(28)29-11-16-14-7-3-1-5-12(14)13-6-2-4-8-15(13)16/h1-8,16-18H,9-11H2,(H,26,27)/t17-,18+/m1/s1. The summed E-state index contributed by atoms with van der Waals surface area (Å²) in [4.78, 5) is 24.6. The second-order valence-electron chi connectivity index (χ2n) is 7.22. The SMILES string of the molecule is O=C(O)[C@@H]1[C@H](C(F)(F)F)CCN1C(=O)OCC1c2ccccc2-c2ccccc21. The zero-order valence-corrected chi connectivity index (χ0v) is 15.2. The van der Waals surface area contributed by atoms with Gasteiger partial charge in [0.15, 0.2) is 0 Å². The maximum Gasteiger partial charge on any atom is 0.410 e. The Morgan fingerprint density at radius 3 is 2.10 bits per heavy atom. The molecule has 1 heterocycles. The third-order valence-corrected chi connectivity index (χ3v) is 5.64. The molecule has 1 N–H and O–H groups in total. The molecule has 2 aromatic carbocycles. The van der Waals surface area contributed by atoms with Gasteiger partial charge in [0.25, 0.3) is 0 Å². The van der Waals surface area contributed by atoms with Crippen LogP contribution >= 0.6 is 0 Å². The molecule has 1 amide bonds. The predicted octanol–water partition coefficient (Wildman–Crippen LogP) is 4.27. The topological polar surface area (TPSA) is 66.8 Å². The Bertz CT molecular complexity index is 913. The first-order valence-electron chi connectivity index (χ1n) is 9.20. The molecular weight excluding hydrogens is 387 g/mol. The van der Waals surface area contributed by atoms with Crippen molar-refractivity contribution in [3.8, 4) is 11.1 Å². The number of carboxylic acid groups (broad SMARTS) is 1. The first kappa shape index (κ1) is 19.3. The lowest BCUT2D eigenvalue weighted by Crippen LogP contribution is -2.47. The van der Waals surface area contributed by atoms with E-state index >= 15 is 0 Å². The third kappa shape index (κ3) is 3.32. The fraction of sp³-hybridized carbons (Fsp3) is 0.333. The van der Waals surface area contributed by atoms with Gasteiger partial charge in [-0.3, -0.25) is 4.90 Å². The van der Waals surface area contributed by atoms with E-state index in [1.165, 1.54) is 0 Å². The summed E-state index contributed by atoms with van der Waals surface area (Å²) in [6.45, 7) is -0.385. The number of hydrogen-bond donors (Lipinski definition) is 1. The number of likely N-dealkylation sites (tertiary alicyclic amines) is 1. The minimum Gasteiger partial charge on any atom is -0.480 e. The van der Waals surface area contributed by atoms with Crippen molar-refractivity contribution >= 4 is 12.1 Å². The summed E-state index contributed by atoms with van der Waals surface area (Å²) in [5.41, 5.74) is 3.97. The van der Waals surface area contributed by atoms with Gasteiger partial charge < -0.3 is 9.84 Å². The average molecular weight is 405 g/mol. The van der Waals surface area contributed by atoms with Crippen molar-refractivity contribution in [2.24, 2.45) is 5.92 Å². The van der Waals surface area contributed by atoms with Crippen LogP contribution in [0.25, 0.3) is 11.1 Å². The second kappa shape index (κ2) is 7.09. The Morgan fingerprint density at radius 2 is 1.59 bits per heavy atom. The average Bonchev–Trinajstić information content (AvgIpc) is 3.27. The minimum atomic E-state index is -4.69. The summed E-state index contributed by atoms with van der Waals surface area (Å²) in [6, 6.07) is 13.3. The summed E-state index contributed by atoms with van der Waals surface area (Å²) >= 11 is 0. The molecule has 0 bridgehead atoms. The van der Waals surface area contributed by atoms with Gasteiger partial charge in [-0.2, -0.15) is 13.2 Å². The van der Waals surface area contributed by atoms with Crippen LogP contribution in [0.4, 0.5) is 18.0 Å². The van der Waals surface area contributed by atoms with Crippen molar-refractivity contribution in [2.75, 3.05) is 13.2 Å². The molecule has 0 radical (unpaired) electrons. The smallest absolute Gasteiger partial charge is 0.410 e. The number of benzene rings is 2. The molecule has 0 aromatic heterocycles. The highest BCUT2D eigenvalue weighted by atomic mass is 19.4. The van der Waals surface area contributed by atoms with E-state index in [0.29, 0.717) is 4.90 Å². The van der Waals surface area contributed by atoms with Crippen molar-refractivity contribution in [2.45, 2.75) is 24.6 Å². The number of rotatable bonds is 3. The third-order valence-electron chi connectivity index (χ3n) is 5.64. The van der Waals surface area contributed by atoms with Crippen LogP contribution in [-0.4, -0.2) is 47.4 Å². The number of aliphatic carboxylic acids is 1. The number of carbonyl (C=O) groups excluding carboxylic acids is 1. The zero-order chi connectivity index (χ0) is 20.8. The number of carbonyl (C=O) groups is 2. The normalized spacial score (nSPS) is 21.0. The van der Waals surface area contributed by atoms with Crippen LogP contribution in [-0.2, 0) is 9.53 Å². The van der Waals surface area contributed by atoms with Crippen LogP contribution < -0.4 is 0 Å². The molecule has 0 spiro atoms. The fourth-order valence-electron chi connectivity index (χ4n) is 4.32. The molecule has 8 heteroatoms. The van der Waals surface area contributed by atoms with Crippen molar-refractivity contribution in [3.05, 3.63) is 59.7 Å². The van der Waals surface area contributed by atoms with Gasteiger partial charge in [-0.15, -0.1) is 0 Å². The lowest BCUT2D eigenvalue weighted by molar-refractivity contribution is -0.187. The quantitative estimate of drug-likeness (QED) is 0.828. The Labute approximate surface area is 164 Å². The van der Waals surface area contributed by atoms with Gasteiger partial charge in [0, 0.05) is 12.5 Å². The van der Waals surface area contributed by atoms with E-state index in [4.69, 9.17) is 4.74 Å². The van der Waals surface area contributed by atoms with E-state index < -0.39 is 36.6 Å². The van der Waals surface area contributed by atoms with Crippen LogP contribution in [0.3, 0.4) is 0 Å². The molecule has 0 saturated carbocycles. The van der Waals surface area contributed by atoms with Gasteiger partial charge >= 0.3 is 18.2 Å². The highest BCUT2D eigenvalue weighted by Crippen LogP contribution is 2.45. The number of nitrogens with zero attached hydrogens (tertiary/aromatic N) is 1. The fourth-order valence-corrected chi connectivity index (χ4v) is 4.32. The molecule has 29 heavy (non-hydrogen) atoms.